The maximum atomic E-state index is 2.48. The predicted molar refractivity (Wildman–Crippen MR) is 59.7 cm³/mol. The molecule has 78 valence electrons. The zero-order chi connectivity index (χ0) is 10.1. The van der Waals surface area contributed by atoms with Crippen LogP contribution >= 0.6 is 0 Å². The summed E-state index contributed by atoms with van der Waals surface area (Å²) in [5.74, 6) is 3.13. The van der Waals surface area contributed by atoms with Crippen molar-refractivity contribution in [2.45, 2.75) is 60.3 Å². The van der Waals surface area contributed by atoms with Gasteiger partial charge in [0.05, 0.1) is 0 Å². The second kappa shape index (κ2) is 4.02. The Hall–Kier alpha value is 0. The molecular formula is C13H26. The van der Waals surface area contributed by atoms with Gasteiger partial charge in [0, 0.05) is 0 Å². The SMILES string of the molecule is CC.CC(C)CC1CC2CC2(C)C1. The van der Waals surface area contributed by atoms with Gasteiger partial charge in [-0.2, -0.15) is 0 Å². The van der Waals surface area contributed by atoms with E-state index in [1.165, 1.54) is 12.8 Å². The Balaban J connectivity index is 0.000000396. The lowest BCUT2D eigenvalue weighted by Gasteiger charge is -2.15. The quantitative estimate of drug-likeness (QED) is 0.590. The Bertz CT molecular complexity index is 157. The molecule has 3 atom stereocenters. The van der Waals surface area contributed by atoms with E-state index in [1.807, 2.05) is 13.8 Å². The van der Waals surface area contributed by atoms with Gasteiger partial charge in [-0.25, -0.2) is 0 Å². The van der Waals surface area contributed by atoms with Crippen LogP contribution in [0.1, 0.15) is 60.3 Å². The molecule has 0 amide bonds. The van der Waals surface area contributed by atoms with Gasteiger partial charge in [0.25, 0.3) is 0 Å². The van der Waals surface area contributed by atoms with Crippen molar-refractivity contribution in [3.63, 3.8) is 0 Å². The Morgan fingerprint density at radius 2 is 1.85 bits per heavy atom. The molecular weight excluding hydrogens is 156 g/mol. The Morgan fingerprint density at radius 3 is 2.23 bits per heavy atom. The summed E-state index contributed by atoms with van der Waals surface area (Å²) in [4.78, 5) is 0. The van der Waals surface area contributed by atoms with E-state index in [1.54, 1.807) is 12.8 Å². The lowest BCUT2D eigenvalue weighted by molar-refractivity contribution is 0.365. The fourth-order valence-corrected chi connectivity index (χ4v) is 3.11. The topological polar surface area (TPSA) is 0 Å². The van der Waals surface area contributed by atoms with Crippen molar-refractivity contribution >= 4 is 0 Å². The number of hydrogen-bond acceptors (Lipinski definition) is 0. The Labute approximate surface area is 84.1 Å². The van der Waals surface area contributed by atoms with Crippen molar-refractivity contribution in [2.24, 2.45) is 23.2 Å². The van der Waals surface area contributed by atoms with Crippen LogP contribution in [-0.2, 0) is 0 Å². The highest BCUT2D eigenvalue weighted by Crippen LogP contribution is 2.65. The minimum absolute atomic E-state index is 0.819. The van der Waals surface area contributed by atoms with Crippen LogP contribution in [0.15, 0.2) is 0 Å². The Morgan fingerprint density at radius 1 is 1.23 bits per heavy atom. The van der Waals surface area contributed by atoms with E-state index >= 15 is 0 Å². The first kappa shape index (κ1) is 11.1. The summed E-state index contributed by atoms with van der Waals surface area (Å²) in [6.45, 7) is 11.2. The molecule has 2 aliphatic carbocycles. The highest BCUT2D eigenvalue weighted by Gasteiger charge is 2.55. The van der Waals surface area contributed by atoms with Crippen molar-refractivity contribution in [1.82, 2.24) is 0 Å². The second-order valence-electron chi connectivity index (χ2n) is 5.49. The average molecular weight is 182 g/mol. The maximum Gasteiger partial charge on any atom is -0.0292 e. The van der Waals surface area contributed by atoms with Crippen LogP contribution in [0.4, 0.5) is 0 Å². The third-order valence-corrected chi connectivity index (χ3v) is 3.72. The predicted octanol–water partition coefficient (Wildman–Crippen LogP) is 4.49. The van der Waals surface area contributed by atoms with Crippen molar-refractivity contribution in [3.8, 4) is 0 Å². The van der Waals surface area contributed by atoms with E-state index in [0.29, 0.717) is 0 Å². The van der Waals surface area contributed by atoms with Crippen LogP contribution in [0.3, 0.4) is 0 Å². The van der Waals surface area contributed by atoms with E-state index in [-0.39, 0.29) is 0 Å². The van der Waals surface area contributed by atoms with Gasteiger partial charge in [0.2, 0.25) is 0 Å². The third-order valence-electron chi connectivity index (χ3n) is 3.72. The lowest BCUT2D eigenvalue weighted by atomic mass is 9.91. The summed E-state index contributed by atoms with van der Waals surface area (Å²) in [6, 6.07) is 0. The fourth-order valence-electron chi connectivity index (χ4n) is 3.11. The second-order valence-corrected chi connectivity index (χ2v) is 5.49. The average Bonchev–Trinajstić information content (AvgIpc) is 2.54. The van der Waals surface area contributed by atoms with Gasteiger partial charge in [-0.05, 0) is 48.9 Å². The van der Waals surface area contributed by atoms with Crippen LogP contribution in [0.2, 0.25) is 0 Å². The molecule has 0 heterocycles. The summed E-state index contributed by atoms with van der Waals surface area (Å²) in [5, 5.41) is 0. The molecule has 0 aromatic rings. The molecule has 2 aliphatic rings. The summed E-state index contributed by atoms with van der Waals surface area (Å²) in [6.07, 6.45) is 6.11. The highest BCUT2D eigenvalue weighted by atomic mass is 14.6. The smallest absolute Gasteiger partial charge is 0.0292 e. The van der Waals surface area contributed by atoms with Gasteiger partial charge < -0.3 is 0 Å². The molecule has 3 unspecified atom stereocenters. The van der Waals surface area contributed by atoms with Gasteiger partial charge >= 0.3 is 0 Å². The van der Waals surface area contributed by atoms with Gasteiger partial charge in [0.15, 0.2) is 0 Å². The Kier molecular flexibility index (Phi) is 3.43. The zero-order valence-electron chi connectivity index (χ0n) is 10.1. The summed E-state index contributed by atoms with van der Waals surface area (Å²) >= 11 is 0. The van der Waals surface area contributed by atoms with Crippen molar-refractivity contribution < 1.29 is 0 Å². The van der Waals surface area contributed by atoms with Crippen LogP contribution < -0.4 is 0 Å². The minimum Gasteiger partial charge on any atom is -0.0683 e. The molecule has 0 nitrogen and oxygen atoms in total. The van der Waals surface area contributed by atoms with E-state index in [2.05, 4.69) is 20.8 Å². The lowest BCUT2D eigenvalue weighted by Crippen LogP contribution is -2.03. The minimum atomic E-state index is 0.819. The molecule has 13 heavy (non-hydrogen) atoms. The van der Waals surface area contributed by atoms with Crippen molar-refractivity contribution in [3.05, 3.63) is 0 Å². The number of rotatable bonds is 2. The van der Waals surface area contributed by atoms with Gasteiger partial charge in [-0.3, -0.25) is 0 Å². The molecule has 0 aromatic carbocycles. The van der Waals surface area contributed by atoms with Gasteiger partial charge in [-0.1, -0.05) is 34.6 Å². The first-order chi connectivity index (χ1) is 6.10. The zero-order valence-corrected chi connectivity index (χ0v) is 10.1. The first-order valence-corrected chi connectivity index (χ1v) is 6.10. The summed E-state index contributed by atoms with van der Waals surface area (Å²) in [7, 11) is 0. The van der Waals surface area contributed by atoms with Gasteiger partial charge in [-0.15, -0.1) is 0 Å². The molecule has 2 saturated carbocycles. The molecule has 0 heteroatoms. The van der Waals surface area contributed by atoms with E-state index in [9.17, 15) is 0 Å². The molecule has 2 fully saturated rings. The standard InChI is InChI=1S/C11H20.C2H6/c1-8(2)4-9-5-10-7-11(10,3)6-9;1-2/h8-10H,4-7H2,1-3H3;1-2H3. The largest absolute Gasteiger partial charge is 0.0683 e. The summed E-state index contributed by atoms with van der Waals surface area (Å²) in [5.41, 5.74) is 0.819. The third kappa shape index (κ3) is 2.48. The highest BCUT2D eigenvalue weighted by molar-refractivity contribution is 5.05. The van der Waals surface area contributed by atoms with E-state index in [0.717, 1.165) is 23.2 Å². The monoisotopic (exact) mass is 182 g/mol. The van der Waals surface area contributed by atoms with Crippen molar-refractivity contribution in [1.29, 1.82) is 0 Å². The molecule has 0 N–H and O–H groups in total. The van der Waals surface area contributed by atoms with Gasteiger partial charge in [0.1, 0.15) is 0 Å². The molecule has 0 radical (unpaired) electrons. The number of fused-ring (bicyclic) bond motifs is 1. The molecule has 0 aromatic heterocycles. The van der Waals surface area contributed by atoms with Crippen LogP contribution in [0.5, 0.6) is 0 Å². The number of hydrogen-bond donors (Lipinski definition) is 0. The molecule has 2 rings (SSSR count). The normalized spacial score (nSPS) is 41.1. The van der Waals surface area contributed by atoms with Crippen LogP contribution in [-0.4, -0.2) is 0 Å². The fraction of sp³-hybridized carbons (Fsp3) is 1.00. The molecule has 0 aliphatic heterocycles. The van der Waals surface area contributed by atoms with E-state index < -0.39 is 0 Å². The molecule has 0 bridgehead atoms. The maximum absolute atomic E-state index is 2.48. The van der Waals surface area contributed by atoms with Crippen LogP contribution in [0.25, 0.3) is 0 Å². The molecule has 0 spiro atoms. The first-order valence-electron chi connectivity index (χ1n) is 6.10. The van der Waals surface area contributed by atoms with Crippen LogP contribution in [0, 0.1) is 23.2 Å². The van der Waals surface area contributed by atoms with Crippen molar-refractivity contribution in [2.75, 3.05) is 0 Å². The van der Waals surface area contributed by atoms with E-state index in [4.69, 9.17) is 0 Å². The summed E-state index contributed by atoms with van der Waals surface area (Å²) < 4.78 is 0. The molecule has 0 saturated heterocycles.